The van der Waals surface area contributed by atoms with Gasteiger partial charge in [0.15, 0.2) is 0 Å². The van der Waals surface area contributed by atoms with Crippen LogP contribution in [0.5, 0.6) is 0 Å². The molecular weight excluding hydrogens is 478 g/mol. The van der Waals surface area contributed by atoms with Gasteiger partial charge in [-0.15, -0.1) is 0 Å². The first-order chi connectivity index (χ1) is 18.5. The fourth-order valence-electron chi connectivity index (χ4n) is 4.95. The number of nitrogen functional groups attached to an aromatic ring is 1. The van der Waals surface area contributed by atoms with E-state index in [0.29, 0.717) is 47.7 Å². The van der Waals surface area contributed by atoms with Gasteiger partial charge in [0.1, 0.15) is 6.10 Å². The van der Waals surface area contributed by atoms with Crippen LogP contribution in [-0.2, 0) is 4.74 Å². The van der Waals surface area contributed by atoms with Crippen molar-refractivity contribution in [3.05, 3.63) is 83.9 Å². The number of hydrogen-bond acceptors (Lipinski definition) is 6. The van der Waals surface area contributed by atoms with Crippen LogP contribution in [0.3, 0.4) is 0 Å². The summed E-state index contributed by atoms with van der Waals surface area (Å²) in [6.45, 7) is 2.13. The molecule has 2 unspecified atom stereocenters. The molecule has 196 valence electrons. The summed E-state index contributed by atoms with van der Waals surface area (Å²) >= 11 is 0. The molecule has 3 fully saturated rings. The fourth-order valence-corrected chi connectivity index (χ4v) is 4.95. The van der Waals surface area contributed by atoms with Crippen LogP contribution in [-0.4, -0.2) is 43.8 Å². The first-order valence-electron chi connectivity index (χ1n) is 13.3. The maximum absolute atomic E-state index is 12.6. The summed E-state index contributed by atoms with van der Waals surface area (Å²) in [6.07, 6.45) is 3.33. The maximum atomic E-state index is 12.6. The molecule has 3 aromatic rings. The molecule has 3 aromatic carbocycles. The SMILES string of the molecule is Nc1ccccc1NC(=O)c1ccc(N2CC(CNc3ccc(C4C[C@@H]4NCC4CC4)cc3)OC2=O)cc1. The van der Waals surface area contributed by atoms with Gasteiger partial charge < -0.3 is 26.4 Å². The van der Waals surface area contributed by atoms with E-state index in [1.807, 2.05) is 12.1 Å². The molecule has 0 spiro atoms. The van der Waals surface area contributed by atoms with Gasteiger partial charge in [0.25, 0.3) is 5.91 Å². The highest BCUT2D eigenvalue weighted by molar-refractivity contribution is 6.06. The van der Waals surface area contributed by atoms with Crippen molar-refractivity contribution in [1.29, 1.82) is 0 Å². The number of nitrogens with zero attached hydrogens (tertiary/aromatic N) is 1. The van der Waals surface area contributed by atoms with Crippen LogP contribution >= 0.6 is 0 Å². The topological polar surface area (TPSA) is 109 Å². The van der Waals surface area contributed by atoms with Gasteiger partial charge in [-0.05, 0) is 85.8 Å². The standard InChI is InChI=1S/C30H33N5O3/c31-26-3-1-2-4-27(26)34-29(36)21-9-13-23(14-10-21)35-18-24(38-30(35)37)17-32-22-11-7-20(8-12-22)25-15-28(25)33-16-19-5-6-19/h1-4,7-14,19,24-25,28,32-33H,5-6,15-18,31H2,(H,34,36)/t24?,25?,28-/m0/s1. The first kappa shape index (κ1) is 24.3. The van der Waals surface area contributed by atoms with Crippen LogP contribution in [0.25, 0.3) is 0 Å². The van der Waals surface area contributed by atoms with Crippen molar-refractivity contribution in [2.75, 3.05) is 40.9 Å². The summed E-state index contributed by atoms with van der Waals surface area (Å²) < 4.78 is 5.58. The number of carbonyl (C=O) groups excluding carboxylic acids is 2. The van der Waals surface area contributed by atoms with E-state index in [9.17, 15) is 9.59 Å². The molecule has 2 aliphatic carbocycles. The van der Waals surface area contributed by atoms with Crippen LogP contribution < -0.4 is 26.6 Å². The third-order valence-electron chi connectivity index (χ3n) is 7.55. The summed E-state index contributed by atoms with van der Waals surface area (Å²) in [5.74, 6) is 1.27. The van der Waals surface area contributed by atoms with Gasteiger partial charge in [-0.1, -0.05) is 24.3 Å². The predicted octanol–water partition coefficient (Wildman–Crippen LogP) is 4.81. The minimum Gasteiger partial charge on any atom is -0.442 e. The Hall–Kier alpha value is -4.04. The Kier molecular flexibility index (Phi) is 6.64. The van der Waals surface area contributed by atoms with Crippen molar-refractivity contribution < 1.29 is 14.3 Å². The zero-order valence-corrected chi connectivity index (χ0v) is 21.2. The lowest BCUT2D eigenvalue weighted by Gasteiger charge is -2.14. The van der Waals surface area contributed by atoms with E-state index < -0.39 is 0 Å². The first-order valence-corrected chi connectivity index (χ1v) is 13.3. The Labute approximate surface area is 222 Å². The smallest absolute Gasteiger partial charge is 0.414 e. The molecule has 1 aliphatic heterocycles. The number of rotatable bonds is 10. The van der Waals surface area contributed by atoms with Crippen LogP contribution in [0.2, 0.25) is 0 Å². The minimum absolute atomic E-state index is 0.265. The maximum Gasteiger partial charge on any atom is 0.414 e. The number of nitrogens with one attached hydrogen (secondary N) is 3. The molecule has 3 aliphatic rings. The number of hydrogen-bond donors (Lipinski definition) is 4. The molecule has 8 heteroatoms. The van der Waals surface area contributed by atoms with Gasteiger partial charge in [0.05, 0.1) is 24.5 Å². The lowest BCUT2D eigenvalue weighted by atomic mass is 10.1. The second-order valence-corrected chi connectivity index (χ2v) is 10.5. The lowest BCUT2D eigenvalue weighted by Crippen LogP contribution is -2.27. The molecular formula is C30H33N5O3. The third kappa shape index (κ3) is 5.60. The minimum atomic E-state index is -0.389. The molecule has 2 saturated carbocycles. The van der Waals surface area contributed by atoms with Crippen molar-refractivity contribution in [3.63, 3.8) is 0 Å². The third-order valence-corrected chi connectivity index (χ3v) is 7.55. The van der Waals surface area contributed by atoms with Crippen molar-refractivity contribution in [3.8, 4) is 0 Å². The largest absolute Gasteiger partial charge is 0.442 e. The molecule has 38 heavy (non-hydrogen) atoms. The van der Waals surface area contributed by atoms with E-state index in [1.54, 1.807) is 41.3 Å². The van der Waals surface area contributed by atoms with Crippen molar-refractivity contribution in [2.24, 2.45) is 5.92 Å². The quantitative estimate of drug-likeness (QED) is 0.291. The summed E-state index contributed by atoms with van der Waals surface area (Å²) in [6, 6.07) is 23.2. The highest BCUT2D eigenvalue weighted by Crippen LogP contribution is 2.42. The van der Waals surface area contributed by atoms with Crippen LogP contribution in [0.4, 0.5) is 27.5 Å². The Morgan fingerprint density at radius 1 is 0.974 bits per heavy atom. The summed E-state index contributed by atoms with van der Waals surface area (Å²) in [5.41, 5.74) is 10.5. The molecule has 1 saturated heterocycles. The summed E-state index contributed by atoms with van der Waals surface area (Å²) in [7, 11) is 0. The fraction of sp³-hybridized carbons (Fsp3) is 0.333. The van der Waals surface area contributed by atoms with Gasteiger partial charge in [-0.2, -0.15) is 0 Å². The van der Waals surface area contributed by atoms with Gasteiger partial charge in [-0.3, -0.25) is 9.69 Å². The number of amides is 2. The Balaban J connectivity index is 0.984. The van der Waals surface area contributed by atoms with E-state index in [-0.39, 0.29) is 18.1 Å². The molecule has 8 nitrogen and oxygen atoms in total. The summed E-state index contributed by atoms with van der Waals surface area (Å²) in [4.78, 5) is 26.7. The Bertz CT molecular complexity index is 1310. The predicted molar refractivity (Wildman–Crippen MR) is 150 cm³/mol. The molecule has 0 radical (unpaired) electrons. The van der Waals surface area contributed by atoms with Crippen LogP contribution in [0.15, 0.2) is 72.8 Å². The average Bonchev–Trinajstić information content (AvgIpc) is 3.86. The van der Waals surface area contributed by atoms with Crippen molar-refractivity contribution >= 4 is 34.7 Å². The number of ether oxygens (including phenoxy) is 1. The normalized spacial score (nSPS) is 22.2. The number of anilines is 4. The molecule has 6 rings (SSSR count). The lowest BCUT2D eigenvalue weighted by molar-refractivity contribution is 0.102. The Morgan fingerprint density at radius 2 is 1.74 bits per heavy atom. The zero-order valence-electron chi connectivity index (χ0n) is 21.2. The Morgan fingerprint density at radius 3 is 2.47 bits per heavy atom. The highest BCUT2D eigenvalue weighted by atomic mass is 16.6. The molecule has 2 amide bonds. The molecule has 0 aromatic heterocycles. The number of nitrogens with two attached hydrogens (primary N) is 1. The molecule has 5 N–H and O–H groups in total. The van der Waals surface area contributed by atoms with E-state index in [0.717, 1.165) is 11.6 Å². The van der Waals surface area contributed by atoms with Gasteiger partial charge in [-0.25, -0.2) is 4.79 Å². The number of benzene rings is 3. The van der Waals surface area contributed by atoms with E-state index in [1.165, 1.54) is 31.4 Å². The van der Waals surface area contributed by atoms with E-state index in [4.69, 9.17) is 10.5 Å². The highest BCUT2D eigenvalue weighted by Gasteiger charge is 2.39. The summed E-state index contributed by atoms with van der Waals surface area (Å²) in [5, 5.41) is 9.90. The number of carbonyl (C=O) groups is 2. The number of cyclic esters (lactones) is 1. The van der Waals surface area contributed by atoms with Gasteiger partial charge in [0, 0.05) is 28.9 Å². The average molecular weight is 512 g/mol. The molecule has 0 bridgehead atoms. The van der Waals surface area contributed by atoms with E-state index >= 15 is 0 Å². The van der Waals surface area contributed by atoms with Gasteiger partial charge >= 0.3 is 6.09 Å². The van der Waals surface area contributed by atoms with Gasteiger partial charge in [0.2, 0.25) is 0 Å². The number of para-hydroxylation sites is 2. The van der Waals surface area contributed by atoms with E-state index in [2.05, 4.69) is 40.2 Å². The molecule has 1 heterocycles. The van der Waals surface area contributed by atoms with Crippen LogP contribution in [0, 0.1) is 5.92 Å². The van der Waals surface area contributed by atoms with Crippen molar-refractivity contribution in [1.82, 2.24) is 5.32 Å². The van der Waals surface area contributed by atoms with Crippen LogP contribution in [0.1, 0.15) is 41.1 Å². The monoisotopic (exact) mass is 511 g/mol. The zero-order chi connectivity index (χ0) is 26.1. The second-order valence-electron chi connectivity index (χ2n) is 10.5. The molecule has 3 atom stereocenters. The second kappa shape index (κ2) is 10.4. The van der Waals surface area contributed by atoms with Crippen molar-refractivity contribution in [2.45, 2.75) is 37.3 Å².